The predicted octanol–water partition coefficient (Wildman–Crippen LogP) is 3.11. The molecule has 0 bridgehead atoms. The summed E-state index contributed by atoms with van der Waals surface area (Å²) >= 11 is 3.43. The van der Waals surface area contributed by atoms with Gasteiger partial charge in [-0.1, -0.05) is 15.9 Å². The van der Waals surface area contributed by atoms with E-state index in [2.05, 4.69) is 39.0 Å². The molecule has 64 valence electrons. The Balaban J connectivity index is 2.57. The zero-order chi connectivity index (χ0) is 9.26. The summed E-state index contributed by atoms with van der Waals surface area (Å²) in [7, 11) is 0. The molecule has 0 spiro atoms. The highest BCUT2D eigenvalue weighted by Crippen LogP contribution is 2.20. The van der Waals surface area contributed by atoms with Gasteiger partial charge in [-0.15, -0.1) is 12.3 Å². The second kappa shape index (κ2) is 3.27. The number of aromatic amines is 1. The first-order valence-electron chi connectivity index (χ1n) is 4.00. The maximum absolute atomic E-state index is 5.23. The molecule has 0 radical (unpaired) electrons. The molecule has 1 aromatic carbocycles. The zero-order valence-corrected chi connectivity index (χ0v) is 8.56. The van der Waals surface area contributed by atoms with Gasteiger partial charge in [-0.3, -0.25) is 0 Å². The molecule has 2 aromatic rings. The summed E-state index contributed by atoms with van der Waals surface area (Å²) in [5, 5.41) is 1.19. The van der Waals surface area contributed by atoms with E-state index in [1.165, 1.54) is 5.39 Å². The monoisotopic (exact) mass is 233 g/mol. The molecule has 0 aliphatic rings. The van der Waals surface area contributed by atoms with Crippen LogP contribution in [0, 0.1) is 12.3 Å². The molecule has 1 nitrogen and oxygen atoms in total. The number of benzene rings is 1. The number of H-pyrrole nitrogens is 1. The Morgan fingerprint density at radius 1 is 1.38 bits per heavy atom. The van der Waals surface area contributed by atoms with Gasteiger partial charge >= 0.3 is 0 Å². The third-order valence-corrected chi connectivity index (χ3v) is 2.42. The van der Waals surface area contributed by atoms with Crippen LogP contribution in [-0.4, -0.2) is 4.98 Å². The van der Waals surface area contributed by atoms with E-state index in [9.17, 15) is 0 Å². The lowest BCUT2D eigenvalue weighted by Gasteiger charge is -1.89. The molecule has 0 amide bonds. The van der Waals surface area contributed by atoms with Crippen molar-refractivity contribution in [2.24, 2.45) is 0 Å². The molecule has 0 aliphatic carbocycles. The van der Waals surface area contributed by atoms with E-state index < -0.39 is 0 Å². The molecule has 13 heavy (non-hydrogen) atoms. The fourth-order valence-corrected chi connectivity index (χ4v) is 1.75. The maximum Gasteiger partial charge on any atom is 0.0489 e. The Morgan fingerprint density at radius 3 is 3.00 bits per heavy atom. The van der Waals surface area contributed by atoms with Gasteiger partial charge in [-0.05, 0) is 24.3 Å². The Hall–Kier alpha value is -1.20. The van der Waals surface area contributed by atoms with Gasteiger partial charge in [-0.25, -0.2) is 0 Å². The van der Waals surface area contributed by atoms with Gasteiger partial charge in [0.05, 0.1) is 0 Å². The smallest absolute Gasteiger partial charge is 0.0489 e. The molecular weight excluding hydrogens is 226 g/mol. The van der Waals surface area contributed by atoms with Crippen LogP contribution in [0.4, 0.5) is 0 Å². The normalized spacial score (nSPS) is 10.2. The van der Waals surface area contributed by atoms with Gasteiger partial charge in [0.1, 0.15) is 0 Å². The van der Waals surface area contributed by atoms with Crippen LogP contribution in [0.3, 0.4) is 0 Å². The number of rotatable bonds is 1. The minimum atomic E-state index is 0.659. The van der Waals surface area contributed by atoms with Crippen LogP contribution in [0.1, 0.15) is 5.69 Å². The highest BCUT2D eigenvalue weighted by atomic mass is 79.9. The lowest BCUT2D eigenvalue weighted by Crippen LogP contribution is -1.77. The number of aromatic nitrogens is 1. The van der Waals surface area contributed by atoms with Crippen molar-refractivity contribution in [3.63, 3.8) is 0 Å². The van der Waals surface area contributed by atoms with Crippen molar-refractivity contribution in [3.8, 4) is 12.3 Å². The fraction of sp³-hybridized carbons (Fsp3) is 0.0909. The van der Waals surface area contributed by atoms with E-state index in [1.54, 1.807) is 0 Å². The van der Waals surface area contributed by atoms with E-state index in [0.29, 0.717) is 6.42 Å². The number of terminal acetylenes is 1. The van der Waals surface area contributed by atoms with Crippen molar-refractivity contribution in [1.29, 1.82) is 0 Å². The van der Waals surface area contributed by atoms with E-state index in [1.807, 2.05) is 12.1 Å². The summed E-state index contributed by atoms with van der Waals surface area (Å²) in [6, 6.07) is 8.21. The van der Waals surface area contributed by atoms with Crippen LogP contribution in [0.25, 0.3) is 10.9 Å². The Morgan fingerprint density at radius 2 is 2.23 bits per heavy atom. The molecule has 0 saturated heterocycles. The third-order valence-electron chi connectivity index (χ3n) is 1.93. The predicted molar refractivity (Wildman–Crippen MR) is 58.5 cm³/mol. The molecule has 0 fully saturated rings. The lowest BCUT2D eigenvalue weighted by atomic mass is 10.2. The molecule has 2 heteroatoms. The van der Waals surface area contributed by atoms with E-state index in [4.69, 9.17) is 6.42 Å². The summed E-state index contributed by atoms with van der Waals surface area (Å²) in [5.74, 6) is 2.62. The van der Waals surface area contributed by atoms with Gasteiger partial charge in [-0.2, -0.15) is 0 Å². The third kappa shape index (κ3) is 1.61. The van der Waals surface area contributed by atoms with Crippen molar-refractivity contribution in [2.75, 3.05) is 0 Å². The average molecular weight is 234 g/mol. The molecule has 0 aliphatic heterocycles. The van der Waals surface area contributed by atoms with Crippen LogP contribution in [0.2, 0.25) is 0 Å². The number of hydrogen-bond donors (Lipinski definition) is 1. The van der Waals surface area contributed by atoms with Crippen molar-refractivity contribution >= 4 is 26.8 Å². The first kappa shape index (κ1) is 8.40. The second-order valence-electron chi connectivity index (χ2n) is 2.91. The van der Waals surface area contributed by atoms with Crippen molar-refractivity contribution in [2.45, 2.75) is 6.42 Å². The summed E-state index contributed by atoms with van der Waals surface area (Å²) in [5.41, 5.74) is 2.23. The first-order chi connectivity index (χ1) is 6.29. The van der Waals surface area contributed by atoms with Gasteiger partial charge in [0.2, 0.25) is 0 Å². The largest absolute Gasteiger partial charge is 0.358 e. The van der Waals surface area contributed by atoms with Gasteiger partial charge < -0.3 is 4.98 Å². The van der Waals surface area contributed by atoms with E-state index in [0.717, 1.165) is 15.7 Å². The highest BCUT2D eigenvalue weighted by molar-refractivity contribution is 9.10. The molecule has 0 saturated carbocycles. The SMILES string of the molecule is C#CCc1cc2cc(Br)ccc2[nH]1. The lowest BCUT2D eigenvalue weighted by molar-refractivity contribution is 1.20. The Labute approximate surface area is 85.3 Å². The Bertz CT molecular complexity index is 476. The highest BCUT2D eigenvalue weighted by Gasteiger charge is 1.99. The van der Waals surface area contributed by atoms with Crippen LogP contribution in [0.5, 0.6) is 0 Å². The van der Waals surface area contributed by atoms with Crippen molar-refractivity contribution in [3.05, 3.63) is 34.4 Å². The minimum Gasteiger partial charge on any atom is -0.358 e. The van der Waals surface area contributed by atoms with Crippen LogP contribution >= 0.6 is 15.9 Å². The maximum atomic E-state index is 5.23. The van der Waals surface area contributed by atoms with Crippen LogP contribution in [-0.2, 0) is 6.42 Å². The zero-order valence-electron chi connectivity index (χ0n) is 6.97. The fourth-order valence-electron chi connectivity index (χ4n) is 1.37. The van der Waals surface area contributed by atoms with Crippen molar-refractivity contribution in [1.82, 2.24) is 4.98 Å². The molecule has 1 heterocycles. The first-order valence-corrected chi connectivity index (χ1v) is 4.79. The summed E-state index contributed by atoms with van der Waals surface area (Å²) < 4.78 is 1.09. The number of halogens is 1. The molecule has 0 unspecified atom stereocenters. The van der Waals surface area contributed by atoms with Gasteiger partial charge in [0.25, 0.3) is 0 Å². The van der Waals surface area contributed by atoms with Crippen LogP contribution in [0.15, 0.2) is 28.7 Å². The quantitative estimate of drug-likeness (QED) is 0.729. The molecule has 1 aromatic heterocycles. The summed E-state index contributed by atoms with van der Waals surface area (Å²) in [6.07, 6.45) is 5.89. The van der Waals surface area contributed by atoms with E-state index >= 15 is 0 Å². The topological polar surface area (TPSA) is 15.8 Å². The number of fused-ring (bicyclic) bond motifs is 1. The van der Waals surface area contributed by atoms with Gasteiger partial charge in [0.15, 0.2) is 0 Å². The van der Waals surface area contributed by atoms with E-state index in [-0.39, 0.29) is 0 Å². The van der Waals surface area contributed by atoms with Crippen molar-refractivity contribution < 1.29 is 0 Å². The molecule has 1 N–H and O–H groups in total. The second-order valence-corrected chi connectivity index (χ2v) is 3.82. The summed E-state index contributed by atoms with van der Waals surface area (Å²) in [4.78, 5) is 3.26. The minimum absolute atomic E-state index is 0.659. The molecule has 0 atom stereocenters. The Kier molecular flexibility index (Phi) is 2.12. The number of hydrogen-bond acceptors (Lipinski definition) is 0. The molecular formula is C11H8BrN. The summed E-state index contributed by atoms with van der Waals surface area (Å²) in [6.45, 7) is 0. The molecule has 2 rings (SSSR count). The average Bonchev–Trinajstić information content (AvgIpc) is 2.46. The number of nitrogens with one attached hydrogen (secondary N) is 1. The van der Waals surface area contributed by atoms with Crippen LogP contribution < -0.4 is 0 Å². The van der Waals surface area contributed by atoms with Gasteiger partial charge in [0, 0.05) is 27.5 Å². The standard InChI is InChI=1S/C11H8BrN/c1-2-3-10-7-8-6-9(12)4-5-11(8)13-10/h1,4-7,13H,3H2.